The van der Waals surface area contributed by atoms with Crippen molar-refractivity contribution in [2.45, 2.75) is 25.7 Å². The van der Waals surface area contributed by atoms with Gasteiger partial charge in [0.1, 0.15) is 16.7 Å². The molecule has 3 rings (SSSR count). The van der Waals surface area contributed by atoms with E-state index in [0.29, 0.717) is 16.9 Å². The standard InChI is InChI=1S/C12H12ClN5O/c1-6-9(13)15-11(7-2-3-7)16-12(6)18-5-4-8(17-18)10(14)19/h4-5,7H,2-3H2,1H3,(H2,14,19). The van der Waals surface area contributed by atoms with Crippen LogP contribution >= 0.6 is 11.6 Å². The second-order valence-electron chi connectivity index (χ2n) is 4.61. The summed E-state index contributed by atoms with van der Waals surface area (Å²) in [6, 6.07) is 1.55. The Balaban J connectivity index is 2.09. The van der Waals surface area contributed by atoms with Crippen molar-refractivity contribution in [3.05, 3.63) is 34.5 Å². The van der Waals surface area contributed by atoms with Gasteiger partial charge in [-0.05, 0) is 25.8 Å². The number of carbonyl (C=O) groups excluding carboxylic acids is 1. The predicted molar refractivity (Wildman–Crippen MR) is 69.4 cm³/mol. The van der Waals surface area contributed by atoms with Crippen LogP contribution in [0.15, 0.2) is 12.3 Å². The fourth-order valence-corrected chi connectivity index (χ4v) is 1.99. The number of rotatable bonds is 3. The topological polar surface area (TPSA) is 86.7 Å². The zero-order chi connectivity index (χ0) is 13.6. The summed E-state index contributed by atoms with van der Waals surface area (Å²) in [6.45, 7) is 1.82. The van der Waals surface area contributed by atoms with Gasteiger partial charge in [-0.15, -0.1) is 0 Å². The second kappa shape index (κ2) is 4.31. The number of hydrogen-bond acceptors (Lipinski definition) is 4. The van der Waals surface area contributed by atoms with Crippen LogP contribution in [0, 0.1) is 6.92 Å². The third kappa shape index (κ3) is 2.19. The number of aromatic nitrogens is 4. The maximum atomic E-state index is 11.1. The van der Waals surface area contributed by atoms with Crippen molar-refractivity contribution in [3.63, 3.8) is 0 Å². The zero-order valence-electron chi connectivity index (χ0n) is 10.3. The third-order valence-corrected chi connectivity index (χ3v) is 3.45. The van der Waals surface area contributed by atoms with E-state index < -0.39 is 5.91 Å². The Kier molecular flexibility index (Phi) is 2.74. The Bertz CT molecular complexity index is 662. The molecule has 0 radical (unpaired) electrons. The van der Waals surface area contributed by atoms with Gasteiger partial charge >= 0.3 is 0 Å². The van der Waals surface area contributed by atoms with Crippen LogP contribution in [0.25, 0.3) is 5.82 Å². The molecule has 19 heavy (non-hydrogen) atoms. The number of nitrogens with zero attached hydrogens (tertiary/aromatic N) is 4. The van der Waals surface area contributed by atoms with Crippen LogP contribution in [0.2, 0.25) is 5.15 Å². The molecule has 2 aromatic rings. The van der Waals surface area contributed by atoms with E-state index in [2.05, 4.69) is 15.1 Å². The highest BCUT2D eigenvalue weighted by Gasteiger charge is 2.28. The van der Waals surface area contributed by atoms with Crippen molar-refractivity contribution in [2.24, 2.45) is 5.73 Å². The molecule has 7 heteroatoms. The normalized spacial score (nSPS) is 14.6. The van der Waals surface area contributed by atoms with E-state index in [1.165, 1.54) is 4.68 Å². The average Bonchev–Trinajstić information content (AvgIpc) is 3.09. The maximum Gasteiger partial charge on any atom is 0.269 e. The largest absolute Gasteiger partial charge is 0.364 e. The van der Waals surface area contributed by atoms with Crippen LogP contribution in [0.3, 0.4) is 0 Å². The molecule has 1 saturated carbocycles. The van der Waals surface area contributed by atoms with Crippen LogP contribution in [0.5, 0.6) is 0 Å². The molecule has 0 bridgehead atoms. The van der Waals surface area contributed by atoms with Gasteiger partial charge in [-0.3, -0.25) is 4.79 Å². The van der Waals surface area contributed by atoms with Crippen molar-refractivity contribution in [2.75, 3.05) is 0 Å². The monoisotopic (exact) mass is 277 g/mol. The smallest absolute Gasteiger partial charge is 0.269 e. The van der Waals surface area contributed by atoms with E-state index in [4.69, 9.17) is 17.3 Å². The molecule has 1 fully saturated rings. The second-order valence-corrected chi connectivity index (χ2v) is 4.96. The van der Waals surface area contributed by atoms with Gasteiger partial charge in [-0.1, -0.05) is 11.6 Å². The molecule has 1 amide bonds. The minimum absolute atomic E-state index is 0.196. The molecule has 98 valence electrons. The lowest BCUT2D eigenvalue weighted by molar-refractivity contribution is 0.0995. The molecule has 0 aliphatic heterocycles. The van der Waals surface area contributed by atoms with E-state index in [-0.39, 0.29) is 5.69 Å². The van der Waals surface area contributed by atoms with Crippen LogP contribution in [-0.2, 0) is 0 Å². The lowest BCUT2D eigenvalue weighted by Gasteiger charge is -2.08. The maximum absolute atomic E-state index is 11.1. The van der Waals surface area contributed by atoms with Crippen molar-refractivity contribution in [3.8, 4) is 5.82 Å². The molecule has 0 unspecified atom stereocenters. The van der Waals surface area contributed by atoms with Gasteiger partial charge in [0.2, 0.25) is 0 Å². The van der Waals surface area contributed by atoms with Crippen molar-refractivity contribution in [1.29, 1.82) is 0 Å². The molecule has 0 aromatic carbocycles. The van der Waals surface area contributed by atoms with Crippen LogP contribution < -0.4 is 5.73 Å². The molecular formula is C12H12ClN5O. The fraction of sp³-hybridized carbons (Fsp3) is 0.333. The van der Waals surface area contributed by atoms with Gasteiger partial charge in [0.05, 0.1) is 0 Å². The highest BCUT2D eigenvalue weighted by Crippen LogP contribution is 2.39. The number of halogens is 1. The summed E-state index contributed by atoms with van der Waals surface area (Å²) in [7, 11) is 0. The summed E-state index contributed by atoms with van der Waals surface area (Å²) in [4.78, 5) is 19.8. The van der Waals surface area contributed by atoms with Gasteiger partial charge in [-0.2, -0.15) is 5.10 Å². The van der Waals surface area contributed by atoms with E-state index >= 15 is 0 Å². The molecule has 2 heterocycles. The summed E-state index contributed by atoms with van der Waals surface area (Å²) < 4.78 is 1.51. The van der Waals surface area contributed by atoms with Crippen molar-refractivity contribution in [1.82, 2.24) is 19.7 Å². The minimum Gasteiger partial charge on any atom is -0.364 e. The average molecular weight is 278 g/mol. The Labute approximate surface area is 114 Å². The Morgan fingerprint density at radius 2 is 2.21 bits per heavy atom. The molecular weight excluding hydrogens is 266 g/mol. The van der Waals surface area contributed by atoms with Crippen LogP contribution in [-0.4, -0.2) is 25.7 Å². The lowest BCUT2D eigenvalue weighted by atomic mass is 10.3. The molecule has 1 aliphatic carbocycles. The summed E-state index contributed by atoms with van der Waals surface area (Å²) >= 11 is 6.13. The van der Waals surface area contributed by atoms with Gasteiger partial charge < -0.3 is 5.73 Å². The number of hydrogen-bond donors (Lipinski definition) is 1. The molecule has 2 N–H and O–H groups in total. The predicted octanol–water partition coefficient (Wildman–Crippen LogP) is 1.60. The highest BCUT2D eigenvalue weighted by molar-refractivity contribution is 6.30. The van der Waals surface area contributed by atoms with Crippen molar-refractivity contribution >= 4 is 17.5 Å². The first-order valence-electron chi connectivity index (χ1n) is 5.96. The molecule has 0 atom stereocenters. The fourth-order valence-electron chi connectivity index (χ4n) is 1.81. The van der Waals surface area contributed by atoms with Gasteiger partial charge in [0.25, 0.3) is 5.91 Å². The first-order valence-corrected chi connectivity index (χ1v) is 6.34. The first kappa shape index (κ1) is 12.1. The van der Waals surface area contributed by atoms with Gasteiger partial charge in [0.15, 0.2) is 5.82 Å². The Morgan fingerprint density at radius 3 is 2.79 bits per heavy atom. The minimum atomic E-state index is -0.570. The van der Waals surface area contributed by atoms with E-state index in [9.17, 15) is 4.79 Å². The summed E-state index contributed by atoms with van der Waals surface area (Å²) in [5.41, 5.74) is 6.11. The van der Waals surface area contributed by atoms with E-state index in [1.54, 1.807) is 12.3 Å². The zero-order valence-corrected chi connectivity index (χ0v) is 11.1. The van der Waals surface area contributed by atoms with Crippen molar-refractivity contribution < 1.29 is 4.79 Å². The van der Waals surface area contributed by atoms with Crippen LogP contribution in [0.1, 0.15) is 40.6 Å². The van der Waals surface area contributed by atoms with Crippen LogP contribution in [0.4, 0.5) is 0 Å². The number of amides is 1. The quantitative estimate of drug-likeness (QED) is 0.863. The Hall–Kier alpha value is -1.95. The highest BCUT2D eigenvalue weighted by atomic mass is 35.5. The molecule has 1 aliphatic rings. The van der Waals surface area contributed by atoms with Gasteiger partial charge in [-0.25, -0.2) is 14.6 Å². The summed E-state index contributed by atoms with van der Waals surface area (Å²) in [6.07, 6.45) is 3.82. The Morgan fingerprint density at radius 1 is 1.47 bits per heavy atom. The van der Waals surface area contributed by atoms with E-state index in [0.717, 1.165) is 24.2 Å². The summed E-state index contributed by atoms with van der Waals surface area (Å²) in [5, 5.41) is 4.52. The molecule has 0 spiro atoms. The molecule has 2 aromatic heterocycles. The molecule has 6 nitrogen and oxygen atoms in total. The molecule has 0 saturated heterocycles. The van der Waals surface area contributed by atoms with Gasteiger partial charge in [0, 0.05) is 17.7 Å². The van der Waals surface area contributed by atoms with E-state index in [1.807, 2.05) is 6.92 Å². The third-order valence-electron chi connectivity index (χ3n) is 3.08. The SMILES string of the molecule is Cc1c(Cl)nc(C2CC2)nc1-n1ccc(C(N)=O)n1. The lowest BCUT2D eigenvalue weighted by Crippen LogP contribution is -2.13. The number of nitrogens with two attached hydrogens (primary N) is 1. The first-order chi connectivity index (χ1) is 9.06. The number of primary amides is 1. The number of carbonyl (C=O) groups is 1. The summed E-state index contributed by atoms with van der Waals surface area (Å²) in [5.74, 6) is 1.15.